The molecule has 0 aliphatic carbocycles. The minimum absolute atomic E-state index is 0.317. The number of nitrogens with zero attached hydrogens (tertiary/aromatic N) is 2. The summed E-state index contributed by atoms with van der Waals surface area (Å²) in [6.45, 7) is 2.64. The van der Waals surface area contributed by atoms with Crippen molar-refractivity contribution < 1.29 is 14.3 Å². The van der Waals surface area contributed by atoms with Crippen molar-refractivity contribution in [1.29, 1.82) is 0 Å². The first-order valence-electron chi connectivity index (χ1n) is 6.08. The van der Waals surface area contributed by atoms with Crippen LogP contribution in [-0.2, 0) is 11.3 Å². The molecule has 0 saturated carbocycles. The molecule has 20 heavy (non-hydrogen) atoms. The lowest BCUT2D eigenvalue weighted by atomic mass is 10.2. The molecule has 0 radical (unpaired) electrons. The zero-order valence-corrected chi connectivity index (χ0v) is 12.1. The molecule has 0 fully saturated rings. The van der Waals surface area contributed by atoms with Crippen molar-refractivity contribution in [3.63, 3.8) is 0 Å². The highest BCUT2D eigenvalue weighted by Crippen LogP contribution is 2.22. The molecule has 0 amide bonds. The molecular weight excluding hydrogens is 278 g/mol. The average Bonchev–Trinajstić information content (AvgIpc) is 2.94. The molecule has 6 nitrogen and oxygen atoms in total. The standard InChI is InChI=1S/C13H15N3O3S/c1-3-19-13(17)11-12(20-8-16-11)15-7-9-4-5-14-10(6-9)18-2/h4-6,8,15H,3,7H2,1-2H3. The largest absolute Gasteiger partial charge is 0.481 e. The van der Waals surface area contributed by atoms with Gasteiger partial charge in [-0.15, -0.1) is 11.3 Å². The summed E-state index contributed by atoms with van der Waals surface area (Å²) in [5, 5.41) is 3.87. The lowest BCUT2D eigenvalue weighted by molar-refractivity contribution is 0.0521. The maximum absolute atomic E-state index is 11.7. The van der Waals surface area contributed by atoms with Crippen LogP contribution in [-0.4, -0.2) is 29.7 Å². The number of ether oxygens (including phenoxy) is 2. The van der Waals surface area contributed by atoms with Gasteiger partial charge in [0.25, 0.3) is 0 Å². The summed E-state index contributed by atoms with van der Waals surface area (Å²) in [7, 11) is 1.57. The molecule has 0 aliphatic rings. The minimum Gasteiger partial charge on any atom is -0.481 e. The predicted molar refractivity (Wildman–Crippen MR) is 76.2 cm³/mol. The van der Waals surface area contributed by atoms with Crippen LogP contribution < -0.4 is 10.1 Å². The number of pyridine rings is 1. The van der Waals surface area contributed by atoms with E-state index >= 15 is 0 Å². The summed E-state index contributed by atoms with van der Waals surface area (Å²) in [5.41, 5.74) is 2.93. The van der Waals surface area contributed by atoms with Crippen LogP contribution in [0.3, 0.4) is 0 Å². The number of esters is 1. The van der Waals surface area contributed by atoms with E-state index in [2.05, 4.69) is 15.3 Å². The van der Waals surface area contributed by atoms with Gasteiger partial charge in [0.05, 0.1) is 19.2 Å². The first-order chi connectivity index (χ1) is 9.74. The van der Waals surface area contributed by atoms with E-state index < -0.39 is 5.97 Å². The van der Waals surface area contributed by atoms with Crippen LogP contribution in [0.4, 0.5) is 5.00 Å². The molecule has 0 aliphatic heterocycles. The van der Waals surface area contributed by atoms with Crippen LogP contribution in [0.25, 0.3) is 0 Å². The van der Waals surface area contributed by atoms with Crippen LogP contribution in [0.2, 0.25) is 0 Å². The number of aromatic nitrogens is 2. The Balaban J connectivity index is 2.04. The van der Waals surface area contributed by atoms with Crippen molar-refractivity contribution in [3.8, 4) is 5.88 Å². The summed E-state index contributed by atoms with van der Waals surface area (Å²) in [6, 6.07) is 3.71. The number of thiazole rings is 1. The van der Waals surface area contributed by atoms with Crippen molar-refractivity contribution >= 4 is 22.3 Å². The normalized spacial score (nSPS) is 10.1. The Hall–Kier alpha value is -2.15. The predicted octanol–water partition coefficient (Wildman–Crippen LogP) is 2.34. The van der Waals surface area contributed by atoms with Crippen LogP contribution in [0, 0.1) is 0 Å². The fourth-order valence-corrected chi connectivity index (χ4v) is 2.24. The van der Waals surface area contributed by atoms with E-state index in [1.165, 1.54) is 11.3 Å². The molecule has 0 saturated heterocycles. The highest BCUT2D eigenvalue weighted by atomic mass is 32.1. The van der Waals surface area contributed by atoms with Crippen molar-refractivity contribution in [2.75, 3.05) is 19.0 Å². The number of nitrogens with one attached hydrogen (secondary N) is 1. The summed E-state index contributed by atoms with van der Waals surface area (Å²) in [4.78, 5) is 19.8. The maximum Gasteiger partial charge on any atom is 0.360 e. The second kappa shape index (κ2) is 6.85. The Morgan fingerprint density at radius 2 is 2.30 bits per heavy atom. The van der Waals surface area contributed by atoms with Gasteiger partial charge in [0.1, 0.15) is 5.00 Å². The van der Waals surface area contributed by atoms with Gasteiger partial charge in [0.15, 0.2) is 5.69 Å². The van der Waals surface area contributed by atoms with Crippen molar-refractivity contribution in [3.05, 3.63) is 35.1 Å². The van der Waals surface area contributed by atoms with Crippen LogP contribution >= 0.6 is 11.3 Å². The van der Waals surface area contributed by atoms with Gasteiger partial charge in [0, 0.05) is 18.8 Å². The molecular formula is C13H15N3O3S. The highest BCUT2D eigenvalue weighted by molar-refractivity contribution is 7.14. The molecule has 0 unspecified atom stereocenters. The van der Waals surface area contributed by atoms with E-state index in [1.807, 2.05) is 12.1 Å². The second-order valence-electron chi connectivity index (χ2n) is 3.81. The Labute approximate surface area is 120 Å². The van der Waals surface area contributed by atoms with Gasteiger partial charge in [-0.05, 0) is 18.6 Å². The highest BCUT2D eigenvalue weighted by Gasteiger charge is 2.15. The number of hydrogen-bond acceptors (Lipinski definition) is 7. The molecule has 7 heteroatoms. The molecule has 2 rings (SSSR count). The zero-order valence-electron chi connectivity index (χ0n) is 11.3. The van der Waals surface area contributed by atoms with E-state index in [0.29, 0.717) is 29.7 Å². The lowest BCUT2D eigenvalue weighted by Crippen LogP contribution is -2.09. The topological polar surface area (TPSA) is 73.3 Å². The molecule has 0 bridgehead atoms. The molecule has 0 atom stereocenters. The quantitative estimate of drug-likeness (QED) is 0.824. The fraction of sp³-hybridized carbons (Fsp3) is 0.308. The van der Waals surface area contributed by atoms with Gasteiger partial charge in [-0.1, -0.05) is 0 Å². The van der Waals surface area contributed by atoms with Gasteiger partial charge in [-0.25, -0.2) is 14.8 Å². The third-order valence-electron chi connectivity index (χ3n) is 2.50. The summed E-state index contributed by atoms with van der Waals surface area (Å²) in [6.07, 6.45) is 1.68. The van der Waals surface area contributed by atoms with E-state index in [-0.39, 0.29) is 0 Å². The molecule has 2 heterocycles. The number of rotatable bonds is 6. The monoisotopic (exact) mass is 293 g/mol. The maximum atomic E-state index is 11.7. The van der Waals surface area contributed by atoms with E-state index in [4.69, 9.17) is 9.47 Å². The number of carbonyl (C=O) groups is 1. The zero-order chi connectivity index (χ0) is 14.4. The molecule has 2 aromatic heterocycles. The number of carbonyl (C=O) groups excluding carboxylic acids is 1. The third kappa shape index (κ3) is 3.45. The minimum atomic E-state index is -0.413. The second-order valence-corrected chi connectivity index (χ2v) is 4.67. The van der Waals surface area contributed by atoms with E-state index in [0.717, 1.165) is 5.56 Å². The molecule has 1 N–H and O–H groups in total. The number of methoxy groups -OCH3 is 1. The van der Waals surface area contributed by atoms with Gasteiger partial charge in [-0.2, -0.15) is 0 Å². The summed E-state index contributed by atoms with van der Waals surface area (Å²) in [5.74, 6) is 0.141. The molecule has 0 aromatic carbocycles. The van der Waals surface area contributed by atoms with E-state index in [1.54, 1.807) is 25.7 Å². The number of hydrogen-bond donors (Lipinski definition) is 1. The van der Waals surface area contributed by atoms with Crippen molar-refractivity contribution in [1.82, 2.24) is 9.97 Å². The van der Waals surface area contributed by atoms with Crippen LogP contribution in [0.15, 0.2) is 23.8 Å². The van der Waals surface area contributed by atoms with E-state index in [9.17, 15) is 4.79 Å². The van der Waals surface area contributed by atoms with Crippen molar-refractivity contribution in [2.45, 2.75) is 13.5 Å². The Morgan fingerprint density at radius 3 is 3.05 bits per heavy atom. The Morgan fingerprint density at radius 1 is 1.45 bits per heavy atom. The van der Waals surface area contributed by atoms with Crippen LogP contribution in [0.1, 0.15) is 23.0 Å². The lowest BCUT2D eigenvalue weighted by Gasteiger charge is -2.07. The van der Waals surface area contributed by atoms with Gasteiger partial charge in [0.2, 0.25) is 5.88 Å². The third-order valence-corrected chi connectivity index (χ3v) is 3.28. The first-order valence-corrected chi connectivity index (χ1v) is 6.96. The molecule has 2 aromatic rings. The summed E-state index contributed by atoms with van der Waals surface area (Å²) >= 11 is 1.36. The van der Waals surface area contributed by atoms with Crippen molar-refractivity contribution in [2.24, 2.45) is 0 Å². The van der Waals surface area contributed by atoms with Crippen LogP contribution in [0.5, 0.6) is 5.88 Å². The average molecular weight is 293 g/mol. The van der Waals surface area contributed by atoms with Gasteiger partial charge >= 0.3 is 5.97 Å². The Kier molecular flexibility index (Phi) is 4.89. The summed E-state index contributed by atoms with van der Waals surface area (Å²) < 4.78 is 10.0. The molecule has 106 valence electrons. The van der Waals surface area contributed by atoms with Gasteiger partial charge in [-0.3, -0.25) is 0 Å². The Bertz CT molecular complexity index is 586. The fourth-order valence-electron chi connectivity index (χ4n) is 1.57. The SMILES string of the molecule is CCOC(=O)c1ncsc1NCc1ccnc(OC)c1. The van der Waals surface area contributed by atoms with Gasteiger partial charge < -0.3 is 14.8 Å². The number of anilines is 1. The smallest absolute Gasteiger partial charge is 0.360 e. The molecule has 0 spiro atoms. The first kappa shape index (κ1) is 14.3.